The number of benzene rings is 3. The van der Waals surface area contributed by atoms with Crippen LogP contribution in [0.4, 0.5) is 0 Å². The molecule has 0 aliphatic carbocycles. The van der Waals surface area contributed by atoms with Crippen molar-refractivity contribution in [1.82, 2.24) is 0 Å². The zero-order valence-corrected chi connectivity index (χ0v) is 21.4. The lowest BCUT2D eigenvalue weighted by Gasteiger charge is -2.16. The molecule has 174 valence electrons. The molecule has 0 aromatic heterocycles. The van der Waals surface area contributed by atoms with Crippen molar-refractivity contribution in [1.29, 1.82) is 0 Å². The van der Waals surface area contributed by atoms with Crippen molar-refractivity contribution in [3.63, 3.8) is 0 Å². The third-order valence-corrected chi connectivity index (χ3v) is 7.30. The lowest BCUT2D eigenvalue weighted by molar-refractivity contribution is 0.0409. The van der Waals surface area contributed by atoms with Gasteiger partial charge < -0.3 is 11.4 Å². The molecule has 0 atom stereocenters. The Balaban J connectivity index is 1.90. The van der Waals surface area contributed by atoms with Crippen LogP contribution in [0.25, 0.3) is 0 Å². The van der Waals surface area contributed by atoms with Gasteiger partial charge in [-0.05, 0) is 93.1 Å². The largest absolute Gasteiger partial charge is 1.20 e. The van der Waals surface area contributed by atoms with Crippen molar-refractivity contribution < 1.29 is 25.7 Å². The molecule has 0 N–H and O–H groups in total. The van der Waals surface area contributed by atoms with Gasteiger partial charge in [0.15, 0.2) is 0 Å². The number of hydrogen-bond acceptors (Lipinski definition) is 6. The number of rotatable bonds is 6. The maximum atomic E-state index is 12.9. The second-order valence-corrected chi connectivity index (χ2v) is 9.53. The molecule has 0 amide bonds. The molecule has 34 heavy (non-hydrogen) atoms. The van der Waals surface area contributed by atoms with Gasteiger partial charge in [0.05, 0.1) is 16.7 Å². The van der Waals surface area contributed by atoms with E-state index in [0.717, 1.165) is 33.4 Å². The van der Waals surface area contributed by atoms with E-state index in [2.05, 4.69) is 0 Å². The normalized spacial score (nSPS) is 10.4. The molecule has 3 rings (SSSR count). The summed E-state index contributed by atoms with van der Waals surface area (Å²) in [5.41, 5.74) is 5.91. The van der Waals surface area contributed by atoms with Gasteiger partial charge in [0.25, 0.3) is 0 Å². The first-order valence-corrected chi connectivity index (χ1v) is 12.3. The molecule has 0 radical (unpaired) electrons. The molecule has 0 aliphatic rings. The van der Waals surface area contributed by atoms with E-state index in [1.807, 2.05) is 39.0 Å². The van der Waals surface area contributed by atoms with Crippen LogP contribution in [-0.4, -0.2) is 33.1 Å². The van der Waals surface area contributed by atoms with Crippen molar-refractivity contribution in [2.75, 3.05) is 0 Å². The van der Waals surface area contributed by atoms with Gasteiger partial charge in [0, 0.05) is 0 Å². The maximum Gasteiger partial charge on any atom is 1.20 e. The summed E-state index contributed by atoms with van der Waals surface area (Å²) >= 11 is -3.57. The quantitative estimate of drug-likeness (QED) is 0.446. The zero-order chi connectivity index (χ0) is 25.0. The van der Waals surface area contributed by atoms with Crippen LogP contribution < -0.4 is 0 Å². The van der Waals surface area contributed by atoms with Gasteiger partial charge in [-0.3, -0.25) is 0 Å². The van der Waals surface area contributed by atoms with Crippen LogP contribution in [0.1, 0.15) is 64.5 Å². The Morgan fingerprint density at radius 3 is 1.03 bits per heavy atom. The van der Waals surface area contributed by atoms with E-state index in [9.17, 15) is 14.4 Å². The van der Waals surface area contributed by atoms with Crippen LogP contribution in [0.15, 0.2) is 54.6 Å². The average Bonchev–Trinajstić information content (AvgIpc) is 2.79. The summed E-state index contributed by atoms with van der Waals surface area (Å²) in [6.45, 7) is 11.0. The fourth-order valence-corrected chi connectivity index (χ4v) is 4.49. The highest BCUT2D eigenvalue weighted by Gasteiger charge is 2.50. The smallest absolute Gasteiger partial charge is 0.547 e. The maximum absolute atomic E-state index is 12.9. The molecule has 0 fully saturated rings. The predicted molar refractivity (Wildman–Crippen MR) is 130 cm³/mol. The summed E-state index contributed by atoms with van der Waals surface area (Å²) in [5, 5.41) is 0. The summed E-state index contributed by atoms with van der Waals surface area (Å²) < 4.78 is 16.5. The topological polar surface area (TPSA) is 78.9 Å². The van der Waals surface area contributed by atoms with Gasteiger partial charge in [0.2, 0.25) is 0 Å². The summed E-state index contributed by atoms with van der Waals surface area (Å²) in [6, 6.07) is 15.7. The highest BCUT2D eigenvalue weighted by molar-refractivity contribution is 6.45. The minimum Gasteiger partial charge on any atom is -0.547 e. The van der Waals surface area contributed by atoms with Gasteiger partial charge in [0.1, 0.15) is 0 Å². The van der Waals surface area contributed by atoms with Crippen LogP contribution in [0, 0.1) is 41.5 Å². The fraction of sp³-hybridized carbons (Fsp3) is 0.222. The Kier molecular flexibility index (Phi) is 7.93. The molecule has 0 heterocycles. The third-order valence-electron chi connectivity index (χ3n) is 6.08. The molecule has 0 spiro atoms. The van der Waals surface area contributed by atoms with Crippen molar-refractivity contribution in [2.45, 2.75) is 41.5 Å². The summed E-state index contributed by atoms with van der Waals surface area (Å²) in [4.78, 5) is 38.8. The minimum absolute atomic E-state index is 0.322. The van der Waals surface area contributed by atoms with Crippen molar-refractivity contribution >= 4 is 33.1 Å². The highest BCUT2D eigenvalue weighted by atomic mass is 27.3. The van der Waals surface area contributed by atoms with E-state index in [4.69, 9.17) is 11.4 Å². The van der Waals surface area contributed by atoms with Gasteiger partial charge in [-0.25, -0.2) is 14.4 Å². The first kappa shape index (κ1) is 25.2. The van der Waals surface area contributed by atoms with E-state index < -0.39 is 33.1 Å². The molecule has 6 nitrogen and oxygen atoms in total. The van der Waals surface area contributed by atoms with Gasteiger partial charge >= 0.3 is 33.1 Å². The average molecular weight is 474 g/mol. The SMILES string of the molecule is Cc1cccc(C(=O)[O][Al]([O]C(=O)c2cccc(C)c2C)[O]C(=O)c2cccc(C)c2C)c1C. The Labute approximate surface area is 204 Å². The number of carbonyl (C=O) groups is 3. The van der Waals surface area contributed by atoms with Gasteiger partial charge in [-0.2, -0.15) is 0 Å². The summed E-state index contributed by atoms with van der Waals surface area (Å²) in [6.07, 6.45) is 0. The lowest BCUT2D eigenvalue weighted by atomic mass is 10.0. The Morgan fingerprint density at radius 2 is 0.765 bits per heavy atom. The van der Waals surface area contributed by atoms with E-state index in [0.29, 0.717) is 16.7 Å². The molecule has 7 heteroatoms. The predicted octanol–water partition coefficient (Wildman–Crippen LogP) is 5.39. The van der Waals surface area contributed by atoms with Gasteiger partial charge in [-0.1, -0.05) is 36.4 Å². The van der Waals surface area contributed by atoms with Crippen LogP contribution in [0.5, 0.6) is 0 Å². The van der Waals surface area contributed by atoms with E-state index >= 15 is 0 Å². The Morgan fingerprint density at radius 1 is 0.500 bits per heavy atom. The summed E-state index contributed by atoms with van der Waals surface area (Å²) in [7, 11) is 0. The molecule has 3 aromatic rings. The Bertz CT molecular complexity index is 1110. The van der Waals surface area contributed by atoms with Crippen LogP contribution in [0.2, 0.25) is 0 Å². The van der Waals surface area contributed by atoms with E-state index in [1.165, 1.54) is 0 Å². The van der Waals surface area contributed by atoms with Gasteiger partial charge in [-0.15, -0.1) is 0 Å². The minimum atomic E-state index is -3.57. The number of carbonyl (C=O) groups excluding carboxylic acids is 3. The third kappa shape index (κ3) is 5.56. The molecular formula is C27H27AlO6. The molecule has 0 aliphatic heterocycles. The fourth-order valence-electron chi connectivity index (χ4n) is 3.44. The van der Waals surface area contributed by atoms with Crippen molar-refractivity contribution in [2.24, 2.45) is 0 Å². The molecule has 0 saturated heterocycles. The van der Waals surface area contributed by atoms with Crippen LogP contribution >= 0.6 is 0 Å². The Hall–Kier alpha value is -3.40. The van der Waals surface area contributed by atoms with Crippen LogP contribution in [0.3, 0.4) is 0 Å². The molecule has 0 bridgehead atoms. The number of hydrogen-bond donors (Lipinski definition) is 0. The molecule has 0 saturated carbocycles. The number of aryl methyl sites for hydroxylation is 3. The van der Waals surface area contributed by atoms with E-state index in [1.54, 1.807) is 57.2 Å². The van der Waals surface area contributed by atoms with Crippen LogP contribution in [-0.2, 0) is 11.4 Å². The standard InChI is InChI=1S/3C9H10O2.Al/c3*1-6-4-3-5-8(7(6)2)9(10)11;/h3*3-5H,1-2H3,(H,10,11);/q;;;+3/p-3. The molecular weight excluding hydrogens is 447 g/mol. The lowest BCUT2D eigenvalue weighted by Crippen LogP contribution is -2.35. The monoisotopic (exact) mass is 474 g/mol. The second-order valence-electron chi connectivity index (χ2n) is 8.25. The highest BCUT2D eigenvalue weighted by Crippen LogP contribution is 2.19. The molecule has 3 aromatic carbocycles. The summed E-state index contributed by atoms with van der Waals surface area (Å²) in [5.74, 6) is -2.12. The second kappa shape index (κ2) is 10.7. The zero-order valence-electron chi connectivity index (χ0n) is 20.2. The van der Waals surface area contributed by atoms with Crippen molar-refractivity contribution in [3.05, 3.63) is 105 Å². The van der Waals surface area contributed by atoms with Crippen molar-refractivity contribution in [3.8, 4) is 0 Å². The first-order chi connectivity index (χ1) is 16.1. The first-order valence-electron chi connectivity index (χ1n) is 10.9. The molecule has 0 unspecified atom stereocenters. The van der Waals surface area contributed by atoms with E-state index in [-0.39, 0.29) is 0 Å².